The molecular weight excluding hydrogens is 328 g/mol. The SMILES string of the molecule is CC1(C)C=Cc2c(nc3ccccc3c2NCc2ccc(Cl)cc2)C1. The number of halogens is 1. The van der Waals surface area contributed by atoms with Gasteiger partial charge in [-0.15, -0.1) is 0 Å². The quantitative estimate of drug-likeness (QED) is 0.619. The first-order valence-electron chi connectivity index (χ1n) is 8.61. The molecule has 1 aliphatic rings. The van der Waals surface area contributed by atoms with E-state index >= 15 is 0 Å². The van der Waals surface area contributed by atoms with E-state index in [9.17, 15) is 0 Å². The van der Waals surface area contributed by atoms with Crippen LogP contribution in [-0.2, 0) is 13.0 Å². The molecule has 25 heavy (non-hydrogen) atoms. The highest BCUT2D eigenvalue weighted by Crippen LogP contribution is 2.37. The van der Waals surface area contributed by atoms with Gasteiger partial charge in [0, 0.05) is 22.5 Å². The lowest BCUT2D eigenvalue weighted by molar-refractivity contribution is 0.469. The van der Waals surface area contributed by atoms with E-state index in [0.717, 1.165) is 23.5 Å². The van der Waals surface area contributed by atoms with Crippen LogP contribution in [0.15, 0.2) is 54.6 Å². The number of anilines is 1. The van der Waals surface area contributed by atoms with Crippen LogP contribution in [0.25, 0.3) is 17.0 Å². The number of nitrogens with zero attached hydrogens (tertiary/aromatic N) is 1. The fraction of sp³-hybridized carbons (Fsp3) is 0.227. The molecule has 1 N–H and O–H groups in total. The lowest BCUT2D eigenvalue weighted by Crippen LogP contribution is -2.18. The minimum Gasteiger partial charge on any atom is -0.380 e. The molecule has 1 heterocycles. The zero-order chi connectivity index (χ0) is 17.4. The number of fused-ring (bicyclic) bond motifs is 2. The fourth-order valence-electron chi connectivity index (χ4n) is 3.37. The fourth-order valence-corrected chi connectivity index (χ4v) is 3.50. The van der Waals surface area contributed by atoms with Crippen LogP contribution in [0.3, 0.4) is 0 Å². The van der Waals surface area contributed by atoms with Gasteiger partial charge in [0.2, 0.25) is 0 Å². The lowest BCUT2D eigenvalue weighted by Gasteiger charge is -2.27. The first-order valence-corrected chi connectivity index (χ1v) is 8.99. The van der Waals surface area contributed by atoms with Gasteiger partial charge in [0.05, 0.1) is 16.9 Å². The van der Waals surface area contributed by atoms with Gasteiger partial charge in [0.25, 0.3) is 0 Å². The zero-order valence-electron chi connectivity index (χ0n) is 14.5. The van der Waals surface area contributed by atoms with E-state index in [1.165, 1.54) is 27.9 Å². The van der Waals surface area contributed by atoms with Crippen LogP contribution in [0.2, 0.25) is 5.02 Å². The standard InChI is InChI=1S/C22H21ClN2/c1-22(2)12-11-18-20(13-22)25-19-6-4-3-5-17(19)21(18)24-14-15-7-9-16(23)10-8-15/h3-12H,13-14H2,1-2H3,(H,24,25). The molecule has 0 spiro atoms. The second kappa shape index (κ2) is 6.20. The number of allylic oxidation sites excluding steroid dienone is 1. The van der Waals surface area contributed by atoms with Gasteiger partial charge >= 0.3 is 0 Å². The molecule has 0 fully saturated rings. The molecule has 0 saturated heterocycles. The van der Waals surface area contributed by atoms with Crippen LogP contribution < -0.4 is 5.32 Å². The third-order valence-corrected chi connectivity index (χ3v) is 4.97. The first-order chi connectivity index (χ1) is 12.0. The van der Waals surface area contributed by atoms with Gasteiger partial charge < -0.3 is 5.32 Å². The van der Waals surface area contributed by atoms with Crippen molar-refractivity contribution in [3.8, 4) is 0 Å². The maximum atomic E-state index is 5.99. The predicted octanol–water partition coefficient (Wildman–Crippen LogP) is 6.10. The van der Waals surface area contributed by atoms with Crippen LogP contribution in [0.4, 0.5) is 5.69 Å². The molecule has 3 heteroatoms. The van der Waals surface area contributed by atoms with Gasteiger partial charge in [-0.2, -0.15) is 0 Å². The molecule has 0 saturated carbocycles. The predicted molar refractivity (Wildman–Crippen MR) is 107 cm³/mol. The first kappa shape index (κ1) is 16.2. The molecule has 1 aliphatic carbocycles. The number of nitrogens with one attached hydrogen (secondary N) is 1. The maximum Gasteiger partial charge on any atom is 0.0726 e. The molecule has 126 valence electrons. The number of rotatable bonds is 3. The van der Waals surface area contributed by atoms with Crippen molar-refractivity contribution in [3.63, 3.8) is 0 Å². The van der Waals surface area contributed by atoms with Crippen molar-refractivity contribution < 1.29 is 0 Å². The summed E-state index contributed by atoms with van der Waals surface area (Å²) in [4.78, 5) is 4.93. The summed E-state index contributed by atoms with van der Waals surface area (Å²) in [5.74, 6) is 0. The van der Waals surface area contributed by atoms with E-state index in [1.54, 1.807) is 0 Å². The number of aromatic nitrogens is 1. The summed E-state index contributed by atoms with van der Waals surface area (Å²) in [5, 5.41) is 5.58. The molecule has 0 amide bonds. The summed E-state index contributed by atoms with van der Waals surface area (Å²) < 4.78 is 0. The van der Waals surface area contributed by atoms with Gasteiger partial charge in [-0.05, 0) is 35.6 Å². The van der Waals surface area contributed by atoms with Gasteiger partial charge in [-0.25, -0.2) is 0 Å². The highest BCUT2D eigenvalue weighted by molar-refractivity contribution is 6.30. The molecule has 0 bridgehead atoms. The summed E-state index contributed by atoms with van der Waals surface area (Å²) in [5.41, 5.74) is 5.96. The minimum atomic E-state index is 0.149. The van der Waals surface area contributed by atoms with Crippen molar-refractivity contribution in [2.24, 2.45) is 5.41 Å². The third kappa shape index (κ3) is 3.27. The molecule has 0 atom stereocenters. The van der Waals surface area contributed by atoms with E-state index < -0.39 is 0 Å². The Morgan fingerprint density at radius 1 is 1.08 bits per heavy atom. The van der Waals surface area contributed by atoms with Gasteiger partial charge in [-0.3, -0.25) is 4.98 Å². The van der Waals surface area contributed by atoms with Crippen LogP contribution >= 0.6 is 11.6 Å². The van der Waals surface area contributed by atoms with Crippen molar-refractivity contribution in [3.05, 3.63) is 76.5 Å². The monoisotopic (exact) mass is 348 g/mol. The zero-order valence-corrected chi connectivity index (χ0v) is 15.3. The van der Waals surface area contributed by atoms with Crippen LogP contribution in [0, 0.1) is 5.41 Å². The van der Waals surface area contributed by atoms with E-state index in [2.05, 4.69) is 67.7 Å². The summed E-state index contributed by atoms with van der Waals surface area (Å²) >= 11 is 5.99. The number of benzene rings is 2. The van der Waals surface area contributed by atoms with E-state index in [0.29, 0.717) is 0 Å². The number of para-hydroxylation sites is 1. The van der Waals surface area contributed by atoms with Crippen molar-refractivity contribution >= 4 is 34.3 Å². The Hall–Kier alpha value is -2.32. The second-order valence-corrected chi connectivity index (χ2v) is 7.78. The average Bonchev–Trinajstić information content (AvgIpc) is 2.59. The van der Waals surface area contributed by atoms with Crippen molar-refractivity contribution in [2.75, 3.05) is 5.32 Å². The van der Waals surface area contributed by atoms with Crippen LogP contribution in [0.5, 0.6) is 0 Å². The number of hydrogen-bond acceptors (Lipinski definition) is 2. The van der Waals surface area contributed by atoms with E-state index in [-0.39, 0.29) is 5.41 Å². The molecule has 4 rings (SSSR count). The van der Waals surface area contributed by atoms with E-state index in [4.69, 9.17) is 16.6 Å². The Balaban J connectivity index is 1.77. The lowest BCUT2D eigenvalue weighted by atomic mass is 9.81. The Kier molecular flexibility index (Phi) is 4.01. The van der Waals surface area contributed by atoms with Gasteiger partial charge in [0.15, 0.2) is 0 Å². The molecule has 0 radical (unpaired) electrons. The Labute approximate surface area is 153 Å². The molecule has 2 aromatic carbocycles. The molecule has 0 aliphatic heterocycles. The Morgan fingerprint density at radius 2 is 1.84 bits per heavy atom. The summed E-state index contributed by atoms with van der Waals surface area (Å²) in [6, 6.07) is 16.3. The number of pyridine rings is 1. The topological polar surface area (TPSA) is 24.9 Å². The van der Waals surface area contributed by atoms with Crippen LogP contribution in [-0.4, -0.2) is 4.98 Å². The van der Waals surface area contributed by atoms with Crippen molar-refractivity contribution in [1.29, 1.82) is 0 Å². The minimum absolute atomic E-state index is 0.149. The van der Waals surface area contributed by atoms with Gasteiger partial charge in [0.1, 0.15) is 0 Å². The Bertz CT molecular complexity index is 956. The van der Waals surface area contributed by atoms with Crippen molar-refractivity contribution in [2.45, 2.75) is 26.8 Å². The molecule has 0 unspecified atom stereocenters. The molecular formula is C22H21ClN2. The molecule has 1 aromatic heterocycles. The van der Waals surface area contributed by atoms with Crippen molar-refractivity contribution in [1.82, 2.24) is 4.98 Å². The normalized spacial score (nSPS) is 15.2. The Morgan fingerprint density at radius 3 is 2.64 bits per heavy atom. The summed E-state index contributed by atoms with van der Waals surface area (Å²) in [6.45, 7) is 5.27. The summed E-state index contributed by atoms with van der Waals surface area (Å²) in [7, 11) is 0. The van der Waals surface area contributed by atoms with Gasteiger partial charge in [-0.1, -0.05) is 67.9 Å². The molecule has 2 nitrogen and oxygen atoms in total. The highest BCUT2D eigenvalue weighted by atomic mass is 35.5. The maximum absolute atomic E-state index is 5.99. The largest absolute Gasteiger partial charge is 0.380 e. The highest BCUT2D eigenvalue weighted by Gasteiger charge is 2.24. The third-order valence-electron chi connectivity index (χ3n) is 4.72. The number of hydrogen-bond donors (Lipinski definition) is 1. The van der Waals surface area contributed by atoms with E-state index in [1.807, 2.05) is 12.1 Å². The van der Waals surface area contributed by atoms with Crippen LogP contribution in [0.1, 0.15) is 30.7 Å². The summed E-state index contributed by atoms with van der Waals surface area (Å²) in [6.07, 6.45) is 5.47. The average molecular weight is 349 g/mol. The molecule has 3 aromatic rings. The smallest absolute Gasteiger partial charge is 0.0726 e. The second-order valence-electron chi connectivity index (χ2n) is 7.34.